The molecule has 0 saturated carbocycles. The molecule has 8 nitrogen and oxygen atoms in total. The number of hydrogen-bond donors (Lipinski definition) is 1. The van der Waals surface area contributed by atoms with Crippen LogP contribution in [-0.4, -0.2) is 24.6 Å². The molecule has 5 aromatic rings. The Morgan fingerprint density at radius 2 is 2.03 bits per heavy atom. The van der Waals surface area contributed by atoms with E-state index in [0.717, 1.165) is 34.4 Å². The summed E-state index contributed by atoms with van der Waals surface area (Å²) in [6.45, 7) is 2.24. The van der Waals surface area contributed by atoms with E-state index in [9.17, 15) is 10.1 Å². The molecular formula is C25H20N6O2S. The van der Waals surface area contributed by atoms with Gasteiger partial charge in [-0.2, -0.15) is 14.9 Å². The average molecular weight is 469 g/mol. The monoisotopic (exact) mass is 468 g/mol. The van der Waals surface area contributed by atoms with Crippen LogP contribution in [0.5, 0.6) is 5.75 Å². The largest absolute Gasteiger partial charge is 0.487 e. The van der Waals surface area contributed by atoms with E-state index in [-0.39, 0.29) is 12.2 Å². The number of allylic oxidation sites excluding steroid dienone is 1. The van der Waals surface area contributed by atoms with Crippen molar-refractivity contribution in [2.75, 3.05) is 0 Å². The number of imidazole rings is 1. The highest BCUT2D eigenvalue weighted by Crippen LogP contribution is 2.21. The number of para-hydroxylation sites is 2. The second-order valence-corrected chi connectivity index (χ2v) is 8.70. The normalized spacial score (nSPS) is 11.7. The first-order chi connectivity index (χ1) is 16.6. The number of aryl methyl sites for hydroxylation is 1. The predicted octanol–water partition coefficient (Wildman–Crippen LogP) is 4.62. The number of H-pyrrole nitrogens is 1. The van der Waals surface area contributed by atoms with Gasteiger partial charge in [0.1, 0.15) is 29.3 Å². The number of rotatable bonds is 7. The van der Waals surface area contributed by atoms with Crippen molar-refractivity contribution in [3.05, 3.63) is 87.0 Å². The van der Waals surface area contributed by atoms with Gasteiger partial charge in [-0.25, -0.2) is 9.97 Å². The van der Waals surface area contributed by atoms with Crippen LogP contribution >= 0.6 is 11.3 Å². The molecule has 3 heterocycles. The maximum atomic E-state index is 12.3. The van der Waals surface area contributed by atoms with Crippen LogP contribution in [0.4, 0.5) is 0 Å². The van der Waals surface area contributed by atoms with Crippen molar-refractivity contribution in [1.29, 1.82) is 5.26 Å². The molecule has 5 rings (SSSR count). The lowest BCUT2D eigenvalue weighted by Gasteiger charge is -2.06. The Hall–Kier alpha value is -4.29. The molecule has 2 aromatic carbocycles. The van der Waals surface area contributed by atoms with Crippen LogP contribution in [0.25, 0.3) is 27.6 Å². The number of nitrogens with zero attached hydrogens (tertiary/aromatic N) is 5. The van der Waals surface area contributed by atoms with Crippen molar-refractivity contribution in [3.8, 4) is 11.8 Å². The highest BCUT2D eigenvalue weighted by molar-refractivity contribution is 7.16. The third-order valence-electron chi connectivity index (χ3n) is 5.15. The molecule has 0 unspecified atom stereocenters. The van der Waals surface area contributed by atoms with E-state index in [1.54, 1.807) is 6.08 Å². The second-order valence-electron chi connectivity index (χ2n) is 7.66. The first-order valence-corrected chi connectivity index (χ1v) is 11.6. The Kier molecular flexibility index (Phi) is 5.89. The number of hydrogen-bond acceptors (Lipinski definition) is 7. The number of aromatic amines is 1. The Morgan fingerprint density at radius 1 is 1.21 bits per heavy atom. The first kappa shape index (κ1) is 21.6. The smallest absolute Gasteiger partial charge is 0.275 e. The maximum Gasteiger partial charge on any atom is 0.275 e. The van der Waals surface area contributed by atoms with Crippen LogP contribution in [0.1, 0.15) is 35.4 Å². The molecule has 9 heteroatoms. The zero-order chi connectivity index (χ0) is 23.5. The minimum Gasteiger partial charge on any atom is -0.487 e. The van der Waals surface area contributed by atoms with Gasteiger partial charge in [-0.15, -0.1) is 0 Å². The molecule has 1 N–H and O–H groups in total. The molecule has 0 spiro atoms. The topological polar surface area (TPSA) is 109 Å². The molecule has 0 amide bonds. The highest BCUT2D eigenvalue weighted by atomic mass is 32.1. The maximum absolute atomic E-state index is 12.3. The molecule has 0 saturated heterocycles. The van der Waals surface area contributed by atoms with Crippen molar-refractivity contribution in [2.45, 2.75) is 26.4 Å². The second kappa shape index (κ2) is 9.29. The number of aromatic nitrogens is 5. The summed E-state index contributed by atoms with van der Waals surface area (Å²) < 4.78 is 7.17. The summed E-state index contributed by atoms with van der Waals surface area (Å²) in [6.07, 6.45) is 3.56. The molecule has 0 fully saturated rings. The summed E-state index contributed by atoms with van der Waals surface area (Å²) in [6, 6.07) is 18.7. The minimum atomic E-state index is -0.211. The van der Waals surface area contributed by atoms with Gasteiger partial charge in [0.2, 0.25) is 4.96 Å². The summed E-state index contributed by atoms with van der Waals surface area (Å²) in [5, 5.41) is 14.8. The van der Waals surface area contributed by atoms with Crippen LogP contribution in [0.3, 0.4) is 0 Å². The van der Waals surface area contributed by atoms with Crippen molar-refractivity contribution in [2.24, 2.45) is 0 Å². The van der Waals surface area contributed by atoms with Crippen molar-refractivity contribution in [1.82, 2.24) is 24.6 Å². The van der Waals surface area contributed by atoms with Gasteiger partial charge in [0.05, 0.1) is 22.3 Å². The van der Waals surface area contributed by atoms with Crippen molar-refractivity contribution in [3.63, 3.8) is 0 Å². The number of nitriles is 1. The summed E-state index contributed by atoms with van der Waals surface area (Å²) in [5.41, 5.74) is 3.32. The van der Waals surface area contributed by atoms with E-state index in [1.165, 1.54) is 21.9 Å². The Balaban J connectivity index is 1.30. The van der Waals surface area contributed by atoms with Gasteiger partial charge >= 0.3 is 0 Å². The first-order valence-electron chi connectivity index (χ1n) is 10.8. The molecule has 3 aromatic heterocycles. The molecular weight excluding hydrogens is 448 g/mol. The molecule has 168 valence electrons. The van der Waals surface area contributed by atoms with Crippen molar-refractivity contribution < 1.29 is 4.74 Å². The Labute approximate surface area is 198 Å². The lowest BCUT2D eigenvalue weighted by molar-refractivity contribution is 0.301. The number of ether oxygens (including phenoxy) is 1. The molecule has 0 aliphatic heterocycles. The SMILES string of the molecule is CCCc1nn2c(=O)cc(COc3ccc(/C=C(\C#N)c4nc5ccccc5[nH]4)cc3)nc2s1. The van der Waals surface area contributed by atoms with Crippen LogP contribution in [-0.2, 0) is 13.0 Å². The molecule has 0 radical (unpaired) electrons. The summed E-state index contributed by atoms with van der Waals surface area (Å²) in [5.74, 6) is 1.17. The number of benzene rings is 2. The van der Waals surface area contributed by atoms with Gasteiger partial charge in [0.15, 0.2) is 0 Å². The molecule has 0 atom stereocenters. The average Bonchev–Trinajstić information content (AvgIpc) is 3.46. The lowest BCUT2D eigenvalue weighted by Crippen LogP contribution is -2.16. The van der Waals surface area contributed by atoms with E-state index >= 15 is 0 Å². The highest BCUT2D eigenvalue weighted by Gasteiger charge is 2.10. The van der Waals surface area contributed by atoms with Crippen LogP contribution in [0.15, 0.2) is 59.4 Å². The predicted molar refractivity (Wildman–Crippen MR) is 131 cm³/mol. The quantitative estimate of drug-likeness (QED) is 0.349. The zero-order valence-corrected chi connectivity index (χ0v) is 19.2. The third-order valence-corrected chi connectivity index (χ3v) is 6.11. The van der Waals surface area contributed by atoms with Gasteiger partial charge in [0, 0.05) is 12.5 Å². The molecule has 34 heavy (non-hydrogen) atoms. The Bertz CT molecular complexity index is 1570. The van der Waals surface area contributed by atoms with Gasteiger partial charge < -0.3 is 9.72 Å². The third kappa shape index (κ3) is 4.44. The lowest BCUT2D eigenvalue weighted by atomic mass is 10.1. The Morgan fingerprint density at radius 3 is 2.79 bits per heavy atom. The summed E-state index contributed by atoms with van der Waals surface area (Å²) >= 11 is 1.43. The standard InChI is InChI=1S/C25H20N6O2S/c1-2-5-22-30-31-23(32)13-18(27-25(31)34-22)15-33-19-10-8-16(9-11-19)12-17(14-26)24-28-20-6-3-4-7-21(20)29-24/h3-4,6-13H,2,5,15H2,1H3,(H,28,29)/b17-12+. The van der Waals surface area contributed by atoms with E-state index in [4.69, 9.17) is 4.74 Å². The molecule has 0 bridgehead atoms. The fourth-order valence-corrected chi connectivity index (χ4v) is 4.52. The fraction of sp³-hybridized carbons (Fsp3) is 0.160. The van der Waals surface area contributed by atoms with Gasteiger partial charge in [-0.1, -0.05) is 42.5 Å². The minimum absolute atomic E-state index is 0.171. The van der Waals surface area contributed by atoms with Crippen LogP contribution in [0, 0.1) is 11.3 Å². The number of nitrogens with one attached hydrogen (secondary N) is 1. The fourth-order valence-electron chi connectivity index (χ4n) is 3.50. The van der Waals surface area contributed by atoms with E-state index in [1.807, 2.05) is 48.5 Å². The summed E-state index contributed by atoms with van der Waals surface area (Å²) in [4.78, 5) is 25.1. The molecule has 0 aliphatic carbocycles. The summed E-state index contributed by atoms with van der Waals surface area (Å²) in [7, 11) is 0. The van der Waals surface area contributed by atoms with Gasteiger partial charge in [-0.3, -0.25) is 4.79 Å². The van der Waals surface area contributed by atoms with Gasteiger partial charge in [0.25, 0.3) is 5.56 Å². The van der Waals surface area contributed by atoms with Gasteiger partial charge in [-0.05, 0) is 42.3 Å². The van der Waals surface area contributed by atoms with Crippen LogP contribution < -0.4 is 10.3 Å². The van der Waals surface area contributed by atoms with E-state index in [0.29, 0.717) is 27.8 Å². The zero-order valence-electron chi connectivity index (χ0n) is 18.4. The van der Waals surface area contributed by atoms with E-state index < -0.39 is 0 Å². The number of fused-ring (bicyclic) bond motifs is 2. The van der Waals surface area contributed by atoms with E-state index in [2.05, 4.69) is 33.0 Å². The van der Waals surface area contributed by atoms with Crippen molar-refractivity contribution >= 4 is 39.0 Å². The molecule has 0 aliphatic rings. The van der Waals surface area contributed by atoms with Crippen LogP contribution in [0.2, 0.25) is 0 Å².